The second kappa shape index (κ2) is 11.4. The number of unbranched alkanes of at least 4 members (excludes halogenated alkanes) is 1. The van der Waals surface area contributed by atoms with Crippen LogP contribution in [0.1, 0.15) is 52.0 Å². The maximum Gasteiger partial charge on any atom is 0.273 e. The van der Waals surface area contributed by atoms with Crippen molar-refractivity contribution >= 4 is 50.2 Å². The maximum atomic E-state index is 13.1. The zero-order chi connectivity index (χ0) is 24.1. The molecule has 34 heavy (non-hydrogen) atoms. The molecule has 0 aliphatic carbocycles. The van der Waals surface area contributed by atoms with E-state index < -0.39 is 0 Å². The molecule has 0 bridgehead atoms. The third-order valence-corrected chi connectivity index (χ3v) is 8.30. The van der Waals surface area contributed by atoms with Gasteiger partial charge in [-0.15, -0.1) is 0 Å². The fraction of sp³-hybridized carbons (Fsp3) is 0.520. The van der Waals surface area contributed by atoms with Gasteiger partial charge in [0.25, 0.3) is 5.56 Å². The molecule has 7 nitrogen and oxygen atoms in total. The number of piperidine rings is 1. The number of aryl methyl sites for hydroxylation is 1. The molecule has 1 saturated heterocycles. The lowest BCUT2D eigenvalue weighted by Crippen LogP contribution is -2.32. The Morgan fingerprint density at radius 3 is 2.59 bits per heavy atom. The molecule has 1 amide bonds. The van der Waals surface area contributed by atoms with Crippen molar-refractivity contribution in [2.24, 2.45) is 5.92 Å². The van der Waals surface area contributed by atoms with Crippen molar-refractivity contribution in [1.29, 1.82) is 0 Å². The van der Waals surface area contributed by atoms with Crippen LogP contribution in [0.5, 0.6) is 0 Å². The molecule has 4 rings (SSSR count). The summed E-state index contributed by atoms with van der Waals surface area (Å²) < 4.78 is 2.23. The maximum absolute atomic E-state index is 13.1. The Morgan fingerprint density at radius 2 is 1.91 bits per heavy atom. The zero-order valence-corrected chi connectivity index (χ0v) is 21.8. The second-order valence-electron chi connectivity index (χ2n) is 8.90. The van der Waals surface area contributed by atoms with Gasteiger partial charge in [-0.25, -0.2) is 4.98 Å². The molecule has 3 heterocycles. The summed E-state index contributed by atoms with van der Waals surface area (Å²) in [6.07, 6.45) is 5.66. The van der Waals surface area contributed by atoms with Crippen molar-refractivity contribution < 1.29 is 4.79 Å². The lowest BCUT2D eigenvalue weighted by molar-refractivity contribution is -0.113. The van der Waals surface area contributed by atoms with Crippen LogP contribution in [0, 0.1) is 5.92 Å². The molecule has 1 aliphatic rings. The first-order chi connectivity index (χ1) is 16.5. The summed E-state index contributed by atoms with van der Waals surface area (Å²) in [7, 11) is 0. The van der Waals surface area contributed by atoms with E-state index in [9.17, 15) is 9.59 Å². The highest BCUT2D eigenvalue weighted by molar-refractivity contribution is 7.99. The van der Waals surface area contributed by atoms with Crippen LogP contribution < -0.4 is 15.8 Å². The molecule has 0 unspecified atom stereocenters. The monoisotopic (exact) mass is 499 g/mol. The Kier molecular flexibility index (Phi) is 8.26. The third kappa shape index (κ3) is 5.81. The number of aromatic nitrogens is 3. The molecule has 0 saturated carbocycles. The van der Waals surface area contributed by atoms with Crippen LogP contribution in [-0.2, 0) is 17.8 Å². The summed E-state index contributed by atoms with van der Waals surface area (Å²) in [5, 5.41) is 4.35. The fourth-order valence-electron chi connectivity index (χ4n) is 4.06. The normalized spacial score (nSPS) is 14.6. The number of nitrogens with zero attached hydrogens (tertiary/aromatic N) is 4. The van der Waals surface area contributed by atoms with Gasteiger partial charge in [0.2, 0.25) is 5.91 Å². The van der Waals surface area contributed by atoms with Gasteiger partial charge >= 0.3 is 0 Å². The molecule has 9 heteroatoms. The van der Waals surface area contributed by atoms with Gasteiger partial charge in [-0.3, -0.25) is 14.2 Å². The van der Waals surface area contributed by atoms with E-state index in [1.54, 1.807) is 4.57 Å². The smallest absolute Gasteiger partial charge is 0.273 e. The number of anilines is 2. The fourth-order valence-corrected chi connectivity index (χ4v) is 5.92. The van der Waals surface area contributed by atoms with Gasteiger partial charge in [0.1, 0.15) is 4.70 Å². The Balaban J connectivity index is 1.44. The first kappa shape index (κ1) is 24.7. The lowest BCUT2D eigenvalue weighted by atomic mass is 10.00. The third-order valence-electron chi connectivity index (χ3n) is 6.23. The van der Waals surface area contributed by atoms with E-state index in [-0.39, 0.29) is 17.2 Å². The highest BCUT2D eigenvalue weighted by atomic mass is 32.2. The molecule has 182 valence electrons. The number of amides is 1. The van der Waals surface area contributed by atoms with Gasteiger partial charge in [-0.1, -0.05) is 55.5 Å². The van der Waals surface area contributed by atoms with Gasteiger partial charge in [0.05, 0.1) is 5.75 Å². The summed E-state index contributed by atoms with van der Waals surface area (Å²) >= 11 is 2.71. The predicted octanol–water partition coefficient (Wildman–Crippen LogP) is 5.18. The molecular formula is C25H33N5O2S2. The number of carbonyl (C=O) groups is 1. The molecule has 1 aromatic carbocycles. The molecule has 0 radical (unpaired) electrons. The van der Waals surface area contributed by atoms with Crippen molar-refractivity contribution in [2.45, 2.75) is 64.6 Å². The minimum absolute atomic E-state index is 0.0767. The number of rotatable bonds is 9. The molecule has 1 N–H and O–H groups in total. The number of thioether (sulfide) groups is 1. The first-order valence-electron chi connectivity index (χ1n) is 12.2. The molecule has 1 fully saturated rings. The summed E-state index contributed by atoms with van der Waals surface area (Å²) in [6.45, 7) is 8.81. The van der Waals surface area contributed by atoms with Crippen molar-refractivity contribution in [3.05, 3.63) is 40.2 Å². The molecular weight excluding hydrogens is 466 g/mol. The minimum atomic E-state index is -0.121. The number of benzene rings is 1. The van der Waals surface area contributed by atoms with Gasteiger partial charge in [0, 0.05) is 25.3 Å². The summed E-state index contributed by atoms with van der Waals surface area (Å²) in [4.78, 5) is 37.3. The second-order valence-corrected chi connectivity index (χ2v) is 10.8. The molecule has 2 aromatic heterocycles. The van der Waals surface area contributed by atoms with E-state index >= 15 is 0 Å². The molecule has 0 atom stereocenters. The predicted molar refractivity (Wildman–Crippen MR) is 142 cm³/mol. The molecule has 3 aromatic rings. The van der Waals surface area contributed by atoms with E-state index in [0.29, 0.717) is 22.0 Å². The number of nitrogens with one attached hydrogen (secondary N) is 1. The Labute approximate surface area is 209 Å². The highest BCUT2D eigenvalue weighted by Gasteiger charge is 2.22. The Bertz CT molecular complexity index is 1180. The molecule has 0 spiro atoms. The zero-order valence-electron chi connectivity index (χ0n) is 20.2. The van der Waals surface area contributed by atoms with Crippen LogP contribution in [-0.4, -0.2) is 39.3 Å². The Hall–Kier alpha value is -2.39. The summed E-state index contributed by atoms with van der Waals surface area (Å²) in [5.41, 5.74) is 2.47. The minimum Gasteiger partial charge on any atom is -0.348 e. The van der Waals surface area contributed by atoms with Crippen LogP contribution in [0.2, 0.25) is 0 Å². The van der Waals surface area contributed by atoms with Crippen LogP contribution in [0.15, 0.2) is 34.2 Å². The summed E-state index contributed by atoms with van der Waals surface area (Å²) in [5.74, 6) is 0.787. The van der Waals surface area contributed by atoms with E-state index in [4.69, 9.17) is 0 Å². The Morgan fingerprint density at radius 1 is 1.18 bits per heavy atom. The van der Waals surface area contributed by atoms with Gasteiger partial charge < -0.3 is 10.2 Å². The average Bonchev–Trinajstić information content (AvgIpc) is 3.27. The number of thiazole rings is 1. The van der Waals surface area contributed by atoms with Gasteiger partial charge in [0.15, 0.2) is 15.9 Å². The van der Waals surface area contributed by atoms with Crippen molar-refractivity contribution in [2.75, 3.05) is 29.1 Å². The quantitative estimate of drug-likeness (QED) is 0.323. The van der Waals surface area contributed by atoms with Crippen molar-refractivity contribution in [3.8, 4) is 0 Å². The van der Waals surface area contributed by atoms with E-state index in [1.165, 1.54) is 28.7 Å². The number of hydrogen-bond donors (Lipinski definition) is 1. The first-order valence-corrected chi connectivity index (χ1v) is 14.0. The standard InChI is InChI=1S/C25H33N5O2S2/c1-4-6-7-18-8-10-19(11-9-18)26-20(31)16-33-25-28-22-21(23(32)30(25)5-2)34-24(27-22)29-14-12-17(3)13-15-29/h8-11,17H,4-7,12-16H2,1-3H3,(H,26,31). The lowest BCUT2D eigenvalue weighted by Gasteiger charge is -2.29. The van der Waals surface area contributed by atoms with Crippen LogP contribution in [0.3, 0.4) is 0 Å². The SMILES string of the molecule is CCCCc1ccc(NC(=O)CSc2nc3nc(N4CCC(C)CC4)sc3c(=O)n2CC)cc1. The van der Waals surface area contributed by atoms with Gasteiger partial charge in [-0.2, -0.15) is 4.98 Å². The number of carbonyl (C=O) groups excluding carboxylic acids is 1. The van der Waals surface area contributed by atoms with Crippen molar-refractivity contribution in [1.82, 2.24) is 14.5 Å². The highest BCUT2D eigenvalue weighted by Crippen LogP contribution is 2.30. The van der Waals surface area contributed by atoms with Crippen LogP contribution in [0.25, 0.3) is 10.3 Å². The topological polar surface area (TPSA) is 80.1 Å². The van der Waals surface area contributed by atoms with Crippen LogP contribution >= 0.6 is 23.1 Å². The number of fused-ring (bicyclic) bond motifs is 1. The van der Waals surface area contributed by atoms with Crippen molar-refractivity contribution in [3.63, 3.8) is 0 Å². The van der Waals surface area contributed by atoms with Crippen LogP contribution in [0.4, 0.5) is 10.8 Å². The number of hydrogen-bond acceptors (Lipinski definition) is 7. The van der Waals surface area contributed by atoms with Gasteiger partial charge in [-0.05, 0) is 56.2 Å². The average molecular weight is 500 g/mol. The van der Waals surface area contributed by atoms with E-state index in [2.05, 4.69) is 46.2 Å². The van der Waals surface area contributed by atoms with E-state index in [1.807, 2.05) is 19.1 Å². The molecule has 1 aliphatic heterocycles. The summed E-state index contributed by atoms with van der Waals surface area (Å²) in [6, 6.07) is 8.01. The van der Waals surface area contributed by atoms with E-state index in [0.717, 1.165) is 61.9 Å². The largest absolute Gasteiger partial charge is 0.348 e.